The number of aromatic nitrogens is 2. The molecule has 1 fully saturated rings. The van der Waals surface area contributed by atoms with Gasteiger partial charge in [-0.3, -0.25) is 4.79 Å². The highest BCUT2D eigenvalue weighted by molar-refractivity contribution is 7.98. The van der Waals surface area contributed by atoms with Crippen LogP contribution in [0.3, 0.4) is 0 Å². The van der Waals surface area contributed by atoms with E-state index in [1.807, 2.05) is 36.4 Å². The van der Waals surface area contributed by atoms with Crippen molar-refractivity contribution in [3.8, 4) is 5.75 Å². The lowest BCUT2D eigenvalue weighted by molar-refractivity contribution is 0.0679. The number of ether oxygens (including phenoxy) is 2. The second-order valence-electron chi connectivity index (χ2n) is 7.42. The molecular weight excluding hydrogens is 398 g/mol. The quantitative estimate of drug-likeness (QED) is 0.533. The first-order valence-electron chi connectivity index (χ1n) is 10.3. The number of thioether (sulfide) groups is 1. The predicted molar refractivity (Wildman–Crippen MR) is 120 cm³/mol. The Morgan fingerprint density at radius 2 is 2.13 bits per heavy atom. The first-order chi connectivity index (χ1) is 14.7. The number of hydrogen-bond acceptors (Lipinski definition) is 5. The SMILES string of the molecule is CSCC[C@H](NC(=O)c1ccc(OC[C@@H]2CCCO2)cc1)c1nc2ccccc2[nH]1. The molecule has 2 aromatic carbocycles. The van der Waals surface area contributed by atoms with Crippen molar-refractivity contribution in [3.63, 3.8) is 0 Å². The first-order valence-corrected chi connectivity index (χ1v) is 11.7. The molecule has 0 unspecified atom stereocenters. The Hall–Kier alpha value is -2.51. The van der Waals surface area contributed by atoms with Crippen molar-refractivity contribution in [1.29, 1.82) is 0 Å². The maximum Gasteiger partial charge on any atom is 0.251 e. The van der Waals surface area contributed by atoms with Crippen LogP contribution < -0.4 is 10.1 Å². The second kappa shape index (κ2) is 10.00. The summed E-state index contributed by atoms with van der Waals surface area (Å²) in [5.74, 6) is 2.35. The molecule has 2 N–H and O–H groups in total. The number of imidazole rings is 1. The van der Waals surface area contributed by atoms with Gasteiger partial charge in [-0.1, -0.05) is 12.1 Å². The standard InChI is InChI=1S/C23H27N3O3S/c1-30-14-12-21(22-24-19-6-2-3-7-20(19)25-22)26-23(27)16-8-10-17(11-9-16)29-15-18-5-4-13-28-18/h2-3,6-11,18,21H,4-5,12-15H2,1H3,(H,24,25)(H,26,27)/t18-,21-/m0/s1. The van der Waals surface area contributed by atoms with Crippen molar-refractivity contribution < 1.29 is 14.3 Å². The number of carbonyl (C=O) groups is 1. The van der Waals surface area contributed by atoms with E-state index in [1.165, 1.54) is 0 Å². The number of hydrogen-bond donors (Lipinski definition) is 2. The lowest BCUT2D eigenvalue weighted by Crippen LogP contribution is -2.29. The Kier molecular flexibility index (Phi) is 6.92. The average Bonchev–Trinajstić information content (AvgIpc) is 3.45. The Bertz CT molecular complexity index is 934. The molecule has 1 aliphatic rings. The molecule has 1 aliphatic heterocycles. The summed E-state index contributed by atoms with van der Waals surface area (Å²) in [6, 6.07) is 15.0. The summed E-state index contributed by atoms with van der Waals surface area (Å²) in [6.07, 6.45) is 5.17. The molecular formula is C23H27N3O3S. The molecule has 4 rings (SSSR count). The van der Waals surface area contributed by atoms with E-state index in [4.69, 9.17) is 9.47 Å². The number of aromatic amines is 1. The molecule has 0 radical (unpaired) electrons. The number of fused-ring (bicyclic) bond motifs is 1. The third kappa shape index (κ3) is 5.15. The summed E-state index contributed by atoms with van der Waals surface area (Å²) in [6.45, 7) is 1.37. The number of amides is 1. The fourth-order valence-electron chi connectivity index (χ4n) is 3.56. The lowest BCUT2D eigenvalue weighted by atomic mass is 10.1. The van der Waals surface area contributed by atoms with E-state index >= 15 is 0 Å². The summed E-state index contributed by atoms with van der Waals surface area (Å²) in [5.41, 5.74) is 2.48. The monoisotopic (exact) mass is 425 g/mol. The number of carbonyl (C=O) groups excluding carboxylic acids is 1. The average molecular weight is 426 g/mol. The molecule has 1 saturated heterocycles. The van der Waals surface area contributed by atoms with Gasteiger partial charge >= 0.3 is 0 Å². The van der Waals surface area contributed by atoms with Gasteiger partial charge in [0.2, 0.25) is 0 Å². The number of benzene rings is 2. The van der Waals surface area contributed by atoms with Crippen molar-refractivity contribution in [2.24, 2.45) is 0 Å². The van der Waals surface area contributed by atoms with E-state index in [1.54, 1.807) is 23.9 Å². The fraction of sp³-hybridized carbons (Fsp3) is 0.391. The molecule has 0 saturated carbocycles. The van der Waals surface area contributed by atoms with Gasteiger partial charge in [-0.15, -0.1) is 0 Å². The van der Waals surface area contributed by atoms with Crippen LogP contribution >= 0.6 is 11.8 Å². The van der Waals surface area contributed by atoms with Crippen LogP contribution in [0.5, 0.6) is 5.75 Å². The van der Waals surface area contributed by atoms with E-state index in [0.717, 1.165) is 54.2 Å². The van der Waals surface area contributed by atoms with Gasteiger partial charge in [0, 0.05) is 12.2 Å². The van der Waals surface area contributed by atoms with Crippen LogP contribution in [0.25, 0.3) is 11.0 Å². The molecule has 30 heavy (non-hydrogen) atoms. The van der Waals surface area contributed by atoms with Crippen molar-refractivity contribution in [2.75, 3.05) is 25.2 Å². The fourth-order valence-corrected chi connectivity index (χ4v) is 4.03. The van der Waals surface area contributed by atoms with Gasteiger partial charge in [-0.25, -0.2) is 4.98 Å². The molecule has 3 aromatic rings. The maximum atomic E-state index is 12.9. The van der Waals surface area contributed by atoms with Gasteiger partial charge in [0.15, 0.2) is 0 Å². The molecule has 1 aromatic heterocycles. The van der Waals surface area contributed by atoms with Crippen molar-refractivity contribution in [3.05, 3.63) is 59.9 Å². The summed E-state index contributed by atoms with van der Waals surface area (Å²) in [4.78, 5) is 20.9. The van der Waals surface area contributed by atoms with Crippen LogP contribution in [0.2, 0.25) is 0 Å². The van der Waals surface area contributed by atoms with Crippen LogP contribution in [0.1, 0.15) is 41.5 Å². The minimum atomic E-state index is -0.173. The highest BCUT2D eigenvalue weighted by Crippen LogP contribution is 2.21. The summed E-state index contributed by atoms with van der Waals surface area (Å²) in [5, 5.41) is 3.13. The molecule has 1 amide bonds. The van der Waals surface area contributed by atoms with Gasteiger partial charge in [0.05, 0.1) is 23.2 Å². The lowest BCUT2D eigenvalue weighted by Gasteiger charge is -2.17. The van der Waals surface area contributed by atoms with Crippen LogP contribution in [0.4, 0.5) is 0 Å². The minimum Gasteiger partial charge on any atom is -0.491 e. The van der Waals surface area contributed by atoms with Gasteiger partial charge in [0.25, 0.3) is 5.91 Å². The Morgan fingerprint density at radius 1 is 1.30 bits per heavy atom. The molecule has 0 aliphatic carbocycles. The minimum absolute atomic E-state index is 0.118. The Morgan fingerprint density at radius 3 is 2.87 bits per heavy atom. The molecule has 6 nitrogen and oxygen atoms in total. The molecule has 0 spiro atoms. The van der Waals surface area contributed by atoms with Gasteiger partial charge in [0.1, 0.15) is 18.2 Å². The highest BCUT2D eigenvalue weighted by atomic mass is 32.2. The van der Waals surface area contributed by atoms with Crippen LogP contribution in [-0.2, 0) is 4.74 Å². The second-order valence-corrected chi connectivity index (χ2v) is 8.40. The van der Waals surface area contributed by atoms with E-state index in [9.17, 15) is 4.79 Å². The van der Waals surface area contributed by atoms with Crippen molar-refractivity contribution in [1.82, 2.24) is 15.3 Å². The normalized spacial score (nSPS) is 17.2. The Labute approximate surface area is 180 Å². The largest absolute Gasteiger partial charge is 0.491 e. The number of nitrogens with zero attached hydrogens (tertiary/aromatic N) is 1. The topological polar surface area (TPSA) is 76.2 Å². The maximum absolute atomic E-state index is 12.9. The first kappa shape index (κ1) is 20.8. The van der Waals surface area contributed by atoms with Crippen molar-refractivity contribution in [2.45, 2.75) is 31.4 Å². The van der Waals surface area contributed by atoms with E-state index < -0.39 is 0 Å². The number of rotatable bonds is 9. The summed E-state index contributed by atoms with van der Waals surface area (Å²) < 4.78 is 11.4. The van der Waals surface area contributed by atoms with E-state index in [-0.39, 0.29) is 18.1 Å². The zero-order chi connectivity index (χ0) is 20.8. The third-order valence-electron chi connectivity index (χ3n) is 5.23. The smallest absolute Gasteiger partial charge is 0.251 e. The van der Waals surface area contributed by atoms with E-state index in [0.29, 0.717) is 12.2 Å². The molecule has 2 heterocycles. The van der Waals surface area contributed by atoms with Crippen LogP contribution in [-0.4, -0.2) is 47.2 Å². The molecule has 2 atom stereocenters. The Balaban J connectivity index is 1.41. The molecule has 158 valence electrons. The number of nitrogens with one attached hydrogen (secondary N) is 2. The van der Waals surface area contributed by atoms with Crippen LogP contribution in [0, 0.1) is 0 Å². The van der Waals surface area contributed by atoms with Crippen LogP contribution in [0.15, 0.2) is 48.5 Å². The highest BCUT2D eigenvalue weighted by Gasteiger charge is 2.19. The predicted octanol–water partition coefficient (Wildman–Crippen LogP) is 4.34. The van der Waals surface area contributed by atoms with Gasteiger partial charge in [-0.05, 0) is 67.7 Å². The zero-order valence-electron chi connectivity index (χ0n) is 17.1. The number of para-hydroxylation sites is 2. The van der Waals surface area contributed by atoms with Gasteiger partial charge < -0.3 is 19.8 Å². The summed E-state index contributed by atoms with van der Waals surface area (Å²) in [7, 11) is 0. The van der Waals surface area contributed by atoms with Gasteiger partial charge in [-0.2, -0.15) is 11.8 Å². The summed E-state index contributed by atoms with van der Waals surface area (Å²) >= 11 is 1.75. The van der Waals surface area contributed by atoms with E-state index in [2.05, 4.69) is 21.5 Å². The van der Waals surface area contributed by atoms with Crippen molar-refractivity contribution >= 4 is 28.7 Å². The number of H-pyrrole nitrogens is 1. The molecule has 7 heteroatoms. The third-order valence-corrected chi connectivity index (χ3v) is 5.87. The zero-order valence-corrected chi connectivity index (χ0v) is 17.9. The molecule has 0 bridgehead atoms.